The van der Waals surface area contributed by atoms with Crippen molar-refractivity contribution in [2.75, 3.05) is 0 Å². The van der Waals surface area contributed by atoms with E-state index in [0.29, 0.717) is 6.42 Å². The Hall–Kier alpha value is -1.34. The van der Waals surface area contributed by atoms with Crippen LogP contribution in [-0.2, 0) is 6.42 Å². The predicted octanol–water partition coefficient (Wildman–Crippen LogP) is 4.97. The van der Waals surface area contributed by atoms with Crippen molar-refractivity contribution in [2.45, 2.75) is 25.6 Å². The minimum atomic E-state index is -0.210. The fourth-order valence-corrected chi connectivity index (χ4v) is 2.82. The van der Waals surface area contributed by atoms with E-state index in [-0.39, 0.29) is 11.2 Å². The molecule has 1 unspecified atom stereocenters. The second-order valence-corrected chi connectivity index (χ2v) is 5.13. The maximum absolute atomic E-state index is 13.1. The third kappa shape index (κ3) is 2.91. The van der Waals surface area contributed by atoms with Gasteiger partial charge in [0.2, 0.25) is 0 Å². The van der Waals surface area contributed by atoms with E-state index >= 15 is 0 Å². The minimum absolute atomic E-state index is 0.118. The highest BCUT2D eigenvalue weighted by Gasteiger charge is 2.14. The Morgan fingerprint density at radius 1 is 1.06 bits per heavy atom. The lowest BCUT2D eigenvalue weighted by atomic mass is 9.96. The third-order valence-electron chi connectivity index (χ3n) is 3.16. The van der Waals surface area contributed by atoms with Gasteiger partial charge in [-0.15, -0.1) is 11.6 Å². The van der Waals surface area contributed by atoms with E-state index in [1.165, 1.54) is 17.2 Å². The van der Waals surface area contributed by atoms with Crippen LogP contribution in [0.25, 0.3) is 0 Å². The Morgan fingerprint density at radius 3 is 2.28 bits per heavy atom. The highest BCUT2D eigenvalue weighted by molar-refractivity contribution is 6.21. The van der Waals surface area contributed by atoms with Gasteiger partial charge >= 0.3 is 0 Å². The van der Waals surface area contributed by atoms with E-state index in [1.807, 2.05) is 12.1 Å². The molecule has 18 heavy (non-hydrogen) atoms. The molecule has 0 N–H and O–H groups in total. The molecule has 0 heterocycles. The van der Waals surface area contributed by atoms with Crippen LogP contribution in [0.3, 0.4) is 0 Å². The molecule has 0 fully saturated rings. The number of halogens is 2. The maximum Gasteiger partial charge on any atom is 0.123 e. The molecule has 2 rings (SSSR count). The number of aryl methyl sites for hydroxylation is 2. The molecule has 0 saturated heterocycles. The van der Waals surface area contributed by atoms with Crippen LogP contribution >= 0.6 is 11.6 Å². The van der Waals surface area contributed by atoms with Crippen LogP contribution < -0.4 is 0 Å². The summed E-state index contributed by atoms with van der Waals surface area (Å²) in [6.07, 6.45) is 0.644. The number of rotatable bonds is 3. The molecule has 0 radical (unpaired) electrons. The van der Waals surface area contributed by atoms with Gasteiger partial charge in [-0.1, -0.05) is 30.3 Å². The molecule has 0 amide bonds. The molecule has 2 aromatic carbocycles. The molecule has 94 valence electrons. The molecular weight excluding hydrogens is 247 g/mol. The van der Waals surface area contributed by atoms with Crippen LogP contribution in [-0.4, -0.2) is 0 Å². The van der Waals surface area contributed by atoms with Gasteiger partial charge in [-0.2, -0.15) is 0 Å². The Kier molecular flexibility index (Phi) is 4.03. The molecule has 0 spiro atoms. The molecule has 2 aromatic rings. The van der Waals surface area contributed by atoms with E-state index in [0.717, 1.165) is 11.1 Å². The summed E-state index contributed by atoms with van der Waals surface area (Å²) >= 11 is 6.48. The second kappa shape index (κ2) is 5.53. The van der Waals surface area contributed by atoms with Crippen molar-refractivity contribution in [3.05, 3.63) is 70.5 Å². The summed E-state index contributed by atoms with van der Waals surface area (Å²) in [5, 5.41) is -0.118. The first-order valence-corrected chi connectivity index (χ1v) is 6.46. The zero-order valence-electron chi connectivity index (χ0n) is 10.6. The van der Waals surface area contributed by atoms with Crippen LogP contribution in [0.2, 0.25) is 0 Å². The first-order valence-electron chi connectivity index (χ1n) is 6.02. The van der Waals surface area contributed by atoms with Crippen molar-refractivity contribution >= 4 is 11.6 Å². The largest absolute Gasteiger partial charge is 0.207 e. The fraction of sp³-hybridized carbons (Fsp3) is 0.250. The van der Waals surface area contributed by atoms with Gasteiger partial charge in [-0.3, -0.25) is 0 Å². The lowest BCUT2D eigenvalue weighted by Gasteiger charge is -2.15. The summed E-state index contributed by atoms with van der Waals surface area (Å²) in [6.45, 7) is 4.12. The van der Waals surface area contributed by atoms with Gasteiger partial charge in [-0.05, 0) is 54.7 Å². The van der Waals surface area contributed by atoms with Crippen molar-refractivity contribution in [3.8, 4) is 0 Å². The van der Waals surface area contributed by atoms with Gasteiger partial charge in [0.1, 0.15) is 5.82 Å². The molecule has 0 aliphatic carbocycles. The zero-order valence-corrected chi connectivity index (χ0v) is 11.3. The summed E-state index contributed by atoms with van der Waals surface area (Å²) < 4.78 is 13.1. The summed E-state index contributed by atoms with van der Waals surface area (Å²) in [7, 11) is 0. The van der Waals surface area contributed by atoms with Gasteiger partial charge < -0.3 is 0 Å². The molecule has 0 saturated carbocycles. The second-order valence-electron chi connectivity index (χ2n) is 4.61. The Balaban J connectivity index is 2.25. The van der Waals surface area contributed by atoms with Gasteiger partial charge in [0.25, 0.3) is 0 Å². The Bertz CT molecular complexity index is 528. The molecule has 0 aliphatic rings. The van der Waals surface area contributed by atoms with Gasteiger partial charge in [0, 0.05) is 0 Å². The molecular formula is C16H16ClF. The standard InChI is InChI=1S/C16H16ClF/c1-11-5-3-6-12(2)16(11)15(17)10-13-7-4-8-14(18)9-13/h3-9,15H,10H2,1-2H3. The molecule has 2 heteroatoms. The van der Waals surface area contributed by atoms with E-state index < -0.39 is 0 Å². The molecule has 0 nitrogen and oxygen atoms in total. The topological polar surface area (TPSA) is 0 Å². The monoisotopic (exact) mass is 262 g/mol. The number of alkyl halides is 1. The molecule has 0 aliphatic heterocycles. The summed E-state index contributed by atoms with van der Waals surface area (Å²) in [5.74, 6) is -0.210. The average Bonchev–Trinajstić information content (AvgIpc) is 2.28. The van der Waals surface area contributed by atoms with E-state index in [4.69, 9.17) is 11.6 Å². The normalized spacial score (nSPS) is 12.4. The highest BCUT2D eigenvalue weighted by Crippen LogP contribution is 2.30. The van der Waals surface area contributed by atoms with Crippen molar-refractivity contribution in [1.29, 1.82) is 0 Å². The maximum atomic E-state index is 13.1. The van der Waals surface area contributed by atoms with Crippen molar-refractivity contribution in [2.24, 2.45) is 0 Å². The van der Waals surface area contributed by atoms with Crippen molar-refractivity contribution < 1.29 is 4.39 Å². The van der Waals surface area contributed by atoms with Gasteiger partial charge in [0.05, 0.1) is 5.38 Å². The van der Waals surface area contributed by atoms with Crippen molar-refractivity contribution in [3.63, 3.8) is 0 Å². The van der Waals surface area contributed by atoms with E-state index in [9.17, 15) is 4.39 Å². The fourth-order valence-electron chi connectivity index (χ4n) is 2.29. The van der Waals surface area contributed by atoms with Gasteiger partial charge in [-0.25, -0.2) is 4.39 Å². The van der Waals surface area contributed by atoms with Crippen LogP contribution in [0.15, 0.2) is 42.5 Å². The first kappa shape index (κ1) is 13.1. The lowest BCUT2D eigenvalue weighted by molar-refractivity contribution is 0.625. The summed E-state index contributed by atoms with van der Waals surface area (Å²) in [5.41, 5.74) is 4.46. The van der Waals surface area contributed by atoms with Crippen LogP contribution in [0.4, 0.5) is 4.39 Å². The smallest absolute Gasteiger partial charge is 0.123 e. The lowest BCUT2D eigenvalue weighted by Crippen LogP contribution is -2.01. The molecule has 1 atom stereocenters. The molecule has 0 bridgehead atoms. The molecule has 0 aromatic heterocycles. The summed E-state index contributed by atoms with van der Waals surface area (Å²) in [4.78, 5) is 0. The first-order chi connectivity index (χ1) is 8.58. The number of benzene rings is 2. The van der Waals surface area contributed by atoms with Crippen LogP contribution in [0.5, 0.6) is 0 Å². The summed E-state index contributed by atoms with van der Waals surface area (Å²) in [6, 6.07) is 12.8. The van der Waals surface area contributed by atoms with E-state index in [1.54, 1.807) is 12.1 Å². The number of hydrogen-bond donors (Lipinski definition) is 0. The van der Waals surface area contributed by atoms with Crippen molar-refractivity contribution in [1.82, 2.24) is 0 Å². The highest BCUT2D eigenvalue weighted by atomic mass is 35.5. The van der Waals surface area contributed by atoms with Gasteiger partial charge in [0.15, 0.2) is 0 Å². The van der Waals surface area contributed by atoms with Crippen LogP contribution in [0, 0.1) is 19.7 Å². The van der Waals surface area contributed by atoms with E-state index in [2.05, 4.69) is 26.0 Å². The predicted molar refractivity (Wildman–Crippen MR) is 74.6 cm³/mol. The Morgan fingerprint density at radius 2 is 1.67 bits per heavy atom. The number of hydrogen-bond acceptors (Lipinski definition) is 0. The zero-order chi connectivity index (χ0) is 13.1. The SMILES string of the molecule is Cc1cccc(C)c1C(Cl)Cc1cccc(F)c1. The Labute approximate surface area is 112 Å². The average molecular weight is 263 g/mol. The quantitative estimate of drug-likeness (QED) is 0.686. The minimum Gasteiger partial charge on any atom is -0.207 e. The third-order valence-corrected chi connectivity index (χ3v) is 3.53. The van der Waals surface area contributed by atoms with Crippen LogP contribution in [0.1, 0.15) is 27.6 Å².